The van der Waals surface area contributed by atoms with Crippen LogP contribution in [0.15, 0.2) is 36.0 Å². The molecule has 0 fully saturated rings. The molecular weight excluding hydrogens is 323 g/mol. The van der Waals surface area contributed by atoms with Gasteiger partial charge in [0.15, 0.2) is 0 Å². The normalized spacial score (nSPS) is 12.9. The highest BCUT2D eigenvalue weighted by molar-refractivity contribution is 6.76. The highest BCUT2D eigenvalue weighted by Crippen LogP contribution is 2.30. The standard InChI is InChI=1S/C16H22F3NO2Si/c1-12(10-15(21)22-8-9-23(2,3)4)20-14-7-5-6-13(11-14)16(17,18)19/h5-7,10-11,20H,8-9H2,1-4H3/b12-10-. The lowest BCUT2D eigenvalue weighted by atomic mass is 10.2. The molecule has 0 saturated carbocycles. The summed E-state index contributed by atoms with van der Waals surface area (Å²) < 4.78 is 43.0. The van der Waals surface area contributed by atoms with Crippen LogP contribution < -0.4 is 5.32 Å². The predicted molar refractivity (Wildman–Crippen MR) is 87.9 cm³/mol. The van der Waals surface area contributed by atoms with E-state index >= 15 is 0 Å². The maximum Gasteiger partial charge on any atom is 0.416 e. The van der Waals surface area contributed by atoms with Crippen LogP contribution in [-0.4, -0.2) is 20.7 Å². The molecule has 0 spiro atoms. The Morgan fingerprint density at radius 1 is 1.30 bits per heavy atom. The van der Waals surface area contributed by atoms with E-state index in [0.717, 1.165) is 18.2 Å². The first kappa shape index (κ1) is 19.3. The van der Waals surface area contributed by atoms with E-state index < -0.39 is 25.8 Å². The third-order valence-electron chi connectivity index (χ3n) is 2.96. The average Bonchev–Trinajstić information content (AvgIpc) is 2.36. The molecule has 1 aromatic carbocycles. The SMILES string of the molecule is C/C(=C/C(=O)OCC[Si](C)(C)C)Nc1cccc(C(F)(F)F)c1. The molecule has 0 aliphatic heterocycles. The van der Waals surface area contributed by atoms with Crippen molar-refractivity contribution in [2.75, 3.05) is 11.9 Å². The van der Waals surface area contributed by atoms with Crippen LogP contribution in [0.4, 0.5) is 18.9 Å². The van der Waals surface area contributed by atoms with Gasteiger partial charge in [-0.05, 0) is 31.2 Å². The lowest BCUT2D eigenvalue weighted by Gasteiger charge is -2.15. The second-order valence-electron chi connectivity index (χ2n) is 6.51. The number of carbonyl (C=O) groups excluding carboxylic acids is 1. The number of nitrogens with one attached hydrogen (secondary N) is 1. The number of carbonyl (C=O) groups is 1. The largest absolute Gasteiger partial charge is 0.463 e. The van der Waals surface area contributed by atoms with Crippen molar-refractivity contribution in [1.82, 2.24) is 0 Å². The van der Waals surface area contributed by atoms with Gasteiger partial charge in [0.2, 0.25) is 0 Å². The highest BCUT2D eigenvalue weighted by atomic mass is 28.3. The fourth-order valence-electron chi connectivity index (χ4n) is 1.71. The summed E-state index contributed by atoms with van der Waals surface area (Å²) >= 11 is 0. The molecule has 0 aromatic heterocycles. The maximum absolute atomic E-state index is 12.6. The molecule has 1 N–H and O–H groups in total. The minimum absolute atomic E-state index is 0.267. The van der Waals surface area contributed by atoms with Crippen molar-refractivity contribution in [1.29, 1.82) is 0 Å². The van der Waals surface area contributed by atoms with Crippen molar-refractivity contribution in [2.24, 2.45) is 0 Å². The number of anilines is 1. The zero-order valence-corrected chi connectivity index (χ0v) is 14.8. The Labute approximate surface area is 135 Å². The van der Waals surface area contributed by atoms with E-state index in [1.165, 1.54) is 18.2 Å². The van der Waals surface area contributed by atoms with Crippen LogP contribution in [0.25, 0.3) is 0 Å². The van der Waals surface area contributed by atoms with E-state index in [0.29, 0.717) is 12.3 Å². The van der Waals surface area contributed by atoms with Gasteiger partial charge < -0.3 is 10.1 Å². The summed E-state index contributed by atoms with van der Waals surface area (Å²) in [5.41, 5.74) is -0.0567. The first-order valence-electron chi connectivity index (χ1n) is 7.27. The van der Waals surface area contributed by atoms with Crippen LogP contribution in [0.1, 0.15) is 12.5 Å². The summed E-state index contributed by atoms with van der Waals surface area (Å²) in [7, 11) is -1.27. The van der Waals surface area contributed by atoms with E-state index in [4.69, 9.17) is 4.74 Å². The molecule has 0 heterocycles. The Hall–Kier alpha value is -1.76. The first-order valence-corrected chi connectivity index (χ1v) is 11.0. The summed E-state index contributed by atoms with van der Waals surface area (Å²) in [6.45, 7) is 8.49. The Kier molecular flexibility index (Phi) is 6.43. The van der Waals surface area contributed by atoms with Crippen LogP contribution in [-0.2, 0) is 15.7 Å². The second-order valence-corrected chi connectivity index (χ2v) is 12.1. The molecule has 0 aliphatic rings. The zero-order valence-electron chi connectivity index (χ0n) is 13.8. The van der Waals surface area contributed by atoms with Gasteiger partial charge in [-0.1, -0.05) is 25.7 Å². The smallest absolute Gasteiger partial charge is 0.416 e. The fraction of sp³-hybridized carbons (Fsp3) is 0.438. The number of halogens is 3. The van der Waals surface area contributed by atoms with Gasteiger partial charge in [-0.2, -0.15) is 13.2 Å². The average molecular weight is 345 g/mol. The van der Waals surface area contributed by atoms with E-state index in [-0.39, 0.29) is 5.69 Å². The van der Waals surface area contributed by atoms with Crippen molar-refractivity contribution in [3.8, 4) is 0 Å². The van der Waals surface area contributed by atoms with Crippen LogP contribution in [0.5, 0.6) is 0 Å². The molecular formula is C16H22F3NO2Si. The molecule has 0 radical (unpaired) electrons. The van der Waals surface area contributed by atoms with Gasteiger partial charge >= 0.3 is 12.1 Å². The Morgan fingerprint density at radius 3 is 2.52 bits per heavy atom. The predicted octanol–water partition coefficient (Wildman–Crippen LogP) is 4.90. The molecule has 1 aromatic rings. The summed E-state index contributed by atoms with van der Waals surface area (Å²) in [5, 5.41) is 2.76. The number of esters is 1. The number of allylic oxidation sites excluding steroid dienone is 1. The maximum atomic E-state index is 12.6. The van der Waals surface area contributed by atoms with Crippen molar-refractivity contribution >= 4 is 19.7 Å². The van der Waals surface area contributed by atoms with Crippen molar-refractivity contribution in [2.45, 2.75) is 38.8 Å². The van der Waals surface area contributed by atoms with Crippen LogP contribution >= 0.6 is 0 Å². The van der Waals surface area contributed by atoms with Gasteiger partial charge in [-0.25, -0.2) is 4.79 Å². The zero-order chi connectivity index (χ0) is 17.7. The quantitative estimate of drug-likeness (QED) is 0.453. The van der Waals surface area contributed by atoms with Gasteiger partial charge in [0.1, 0.15) is 0 Å². The lowest BCUT2D eigenvalue weighted by molar-refractivity contribution is -0.138. The number of alkyl halides is 3. The van der Waals surface area contributed by atoms with Gasteiger partial charge in [-0.15, -0.1) is 0 Å². The monoisotopic (exact) mass is 345 g/mol. The molecule has 0 saturated heterocycles. The van der Waals surface area contributed by atoms with Crippen LogP contribution in [0, 0.1) is 0 Å². The molecule has 0 atom stereocenters. The minimum Gasteiger partial charge on any atom is -0.463 e. The van der Waals surface area contributed by atoms with Crippen molar-refractivity contribution in [3.63, 3.8) is 0 Å². The number of hydrogen-bond donors (Lipinski definition) is 1. The number of rotatable bonds is 6. The second kappa shape index (κ2) is 7.67. The molecule has 0 aliphatic carbocycles. The van der Waals surface area contributed by atoms with E-state index in [2.05, 4.69) is 25.0 Å². The topological polar surface area (TPSA) is 38.3 Å². The third-order valence-corrected chi connectivity index (χ3v) is 4.67. The van der Waals surface area contributed by atoms with E-state index in [9.17, 15) is 18.0 Å². The fourth-order valence-corrected chi connectivity index (χ4v) is 2.43. The Balaban J connectivity index is 2.61. The minimum atomic E-state index is -4.40. The summed E-state index contributed by atoms with van der Waals surface area (Å²) in [6, 6.07) is 5.67. The third kappa shape index (κ3) is 7.87. The molecule has 0 amide bonds. The number of benzene rings is 1. The lowest BCUT2D eigenvalue weighted by Crippen LogP contribution is -2.22. The van der Waals surface area contributed by atoms with Crippen molar-refractivity contribution < 1.29 is 22.7 Å². The molecule has 0 bridgehead atoms. The van der Waals surface area contributed by atoms with E-state index in [1.807, 2.05) is 0 Å². The first-order chi connectivity index (χ1) is 10.5. The van der Waals surface area contributed by atoms with E-state index in [1.54, 1.807) is 6.92 Å². The molecule has 128 valence electrons. The molecule has 3 nitrogen and oxygen atoms in total. The van der Waals surface area contributed by atoms with Crippen molar-refractivity contribution in [3.05, 3.63) is 41.6 Å². The van der Waals surface area contributed by atoms with Crippen LogP contribution in [0.3, 0.4) is 0 Å². The molecule has 0 unspecified atom stereocenters. The summed E-state index contributed by atoms with van der Waals surface area (Å²) in [5.74, 6) is -0.500. The molecule has 7 heteroatoms. The number of hydrogen-bond acceptors (Lipinski definition) is 3. The molecule has 23 heavy (non-hydrogen) atoms. The summed E-state index contributed by atoms with van der Waals surface area (Å²) in [6.07, 6.45) is -3.16. The Bertz CT molecular complexity index is 577. The summed E-state index contributed by atoms with van der Waals surface area (Å²) in [4.78, 5) is 11.7. The van der Waals surface area contributed by atoms with Gasteiger partial charge in [0.05, 0.1) is 12.2 Å². The van der Waals surface area contributed by atoms with Crippen LogP contribution in [0.2, 0.25) is 25.7 Å². The van der Waals surface area contributed by atoms with Gasteiger partial charge in [-0.3, -0.25) is 0 Å². The number of ether oxygens (including phenoxy) is 1. The van der Waals surface area contributed by atoms with Gasteiger partial charge in [0.25, 0.3) is 0 Å². The molecule has 1 rings (SSSR count). The van der Waals surface area contributed by atoms with Gasteiger partial charge in [0, 0.05) is 25.5 Å². The highest BCUT2D eigenvalue weighted by Gasteiger charge is 2.30. The Morgan fingerprint density at radius 2 is 1.96 bits per heavy atom.